The van der Waals surface area contributed by atoms with Gasteiger partial charge in [-0.25, -0.2) is 19.3 Å². The predicted octanol–water partition coefficient (Wildman–Crippen LogP) is 4.79. The maximum atomic E-state index is 14.8. The molecule has 182 valence electrons. The number of imidazole rings is 1. The minimum absolute atomic E-state index is 0. The summed E-state index contributed by atoms with van der Waals surface area (Å²) in [6.07, 6.45) is 4.52. The van der Waals surface area contributed by atoms with Crippen molar-refractivity contribution in [2.75, 3.05) is 31.6 Å². The molecule has 1 amide bonds. The van der Waals surface area contributed by atoms with Crippen LogP contribution in [0.25, 0.3) is 11.4 Å². The molecule has 34 heavy (non-hydrogen) atoms. The van der Waals surface area contributed by atoms with Crippen LogP contribution in [0.5, 0.6) is 0 Å². The largest absolute Gasteiger partial charge is 0.381 e. The Morgan fingerprint density at radius 3 is 2.47 bits per heavy atom. The van der Waals surface area contributed by atoms with Gasteiger partial charge in [0.05, 0.1) is 18.1 Å². The molecule has 0 radical (unpaired) electrons. The highest BCUT2D eigenvalue weighted by atomic mass is 35.5. The zero-order valence-corrected chi connectivity index (χ0v) is 20.4. The molecular weight excluding hydrogens is 459 g/mol. The number of nitrogens with one attached hydrogen (secondary N) is 1. The normalized spacial score (nSPS) is 13.9. The van der Waals surface area contributed by atoms with Gasteiger partial charge in [-0.3, -0.25) is 4.79 Å². The third-order valence-electron chi connectivity index (χ3n) is 5.96. The van der Waals surface area contributed by atoms with Crippen LogP contribution in [0.1, 0.15) is 48.9 Å². The van der Waals surface area contributed by atoms with E-state index in [1.54, 1.807) is 35.4 Å². The molecule has 1 aromatic carbocycles. The van der Waals surface area contributed by atoms with Gasteiger partial charge in [0.15, 0.2) is 5.82 Å². The summed E-state index contributed by atoms with van der Waals surface area (Å²) in [5.74, 6) is 0.571. The average molecular weight is 489 g/mol. The first kappa shape index (κ1) is 25.6. The number of carbonyl (C=O) groups excluding carboxylic acids is 1. The molecule has 3 heterocycles. The van der Waals surface area contributed by atoms with Crippen molar-refractivity contribution in [3.8, 4) is 11.4 Å². The number of amides is 1. The van der Waals surface area contributed by atoms with Gasteiger partial charge >= 0.3 is 0 Å². The molecule has 1 N–H and O–H groups in total. The highest BCUT2D eigenvalue weighted by Crippen LogP contribution is 2.31. The molecule has 0 atom stereocenters. The second-order valence-corrected chi connectivity index (χ2v) is 7.97. The van der Waals surface area contributed by atoms with Crippen LogP contribution in [0.4, 0.5) is 16.0 Å². The van der Waals surface area contributed by atoms with Gasteiger partial charge in [-0.1, -0.05) is 0 Å². The van der Waals surface area contributed by atoms with E-state index >= 15 is 0 Å². The van der Waals surface area contributed by atoms with Gasteiger partial charge in [-0.15, -0.1) is 12.4 Å². The van der Waals surface area contributed by atoms with Crippen molar-refractivity contribution >= 4 is 29.9 Å². The molecule has 0 spiro atoms. The molecule has 1 aliphatic rings. The molecule has 10 heteroatoms. The zero-order valence-electron chi connectivity index (χ0n) is 19.6. The number of aryl methyl sites for hydroxylation is 1. The van der Waals surface area contributed by atoms with Crippen molar-refractivity contribution in [1.29, 1.82) is 0 Å². The fourth-order valence-corrected chi connectivity index (χ4v) is 4.16. The van der Waals surface area contributed by atoms with Crippen LogP contribution in [0.15, 0.2) is 36.7 Å². The van der Waals surface area contributed by atoms with Crippen LogP contribution in [-0.2, 0) is 4.74 Å². The minimum Gasteiger partial charge on any atom is -0.381 e. The van der Waals surface area contributed by atoms with Crippen molar-refractivity contribution in [3.63, 3.8) is 0 Å². The molecule has 0 bridgehead atoms. The Bertz CT molecular complexity index is 1110. The highest BCUT2D eigenvalue weighted by molar-refractivity contribution is 5.94. The summed E-state index contributed by atoms with van der Waals surface area (Å²) < 4.78 is 22.3. The Balaban J connectivity index is 0.00000324. The smallest absolute Gasteiger partial charge is 0.253 e. The first-order valence-electron chi connectivity index (χ1n) is 11.3. The molecule has 0 unspecified atom stereocenters. The summed E-state index contributed by atoms with van der Waals surface area (Å²) in [4.78, 5) is 27.2. The van der Waals surface area contributed by atoms with Crippen molar-refractivity contribution in [2.45, 2.75) is 39.7 Å². The van der Waals surface area contributed by atoms with E-state index < -0.39 is 5.82 Å². The maximum absolute atomic E-state index is 14.8. The second kappa shape index (κ2) is 11.4. The van der Waals surface area contributed by atoms with Crippen molar-refractivity contribution in [1.82, 2.24) is 24.4 Å². The lowest BCUT2D eigenvalue weighted by Crippen LogP contribution is -2.30. The summed E-state index contributed by atoms with van der Waals surface area (Å²) in [5, 5.41) is 3.11. The number of nitrogens with zero attached hydrogens (tertiary/aromatic N) is 5. The summed E-state index contributed by atoms with van der Waals surface area (Å²) in [5.41, 5.74) is 2.15. The Kier molecular flexibility index (Phi) is 8.57. The molecule has 0 saturated carbocycles. The van der Waals surface area contributed by atoms with Crippen molar-refractivity contribution in [3.05, 3.63) is 53.9 Å². The molecule has 0 aliphatic carbocycles. The standard InChI is InChI=1S/C24H29FN6O2.ClH/c1-4-30(5-2)23(32)17-6-8-18(9-7-17)28-24-27-14-20(25)22(29-24)21-15-26-16(3)31(21)19-10-12-33-13-11-19;/h6-9,14-15,19H,4-5,10-13H2,1-3H3,(H,27,28,29);1H. The Morgan fingerprint density at radius 1 is 1.15 bits per heavy atom. The van der Waals surface area contributed by atoms with E-state index in [1.807, 2.05) is 25.3 Å². The van der Waals surface area contributed by atoms with Gasteiger partial charge in [0.2, 0.25) is 5.95 Å². The zero-order chi connectivity index (χ0) is 23.4. The van der Waals surface area contributed by atoms with Gasteiger partial charge < -0.3 is 19.5 Å². The van der Waals surface area contributed by atoms with Crippen LogP contribution < -0.4 is 5.32 Å². The lowest BCUT2D eigenvalue weighted by atomic mass is 10.1. The van der Waals surface area contributed by atoms with E-state index in [9.17, 15) is 9.18 Å². The van der Waals surface area contributed by atoms with Gasteiger partial charge in [0, 0.05) is 43.6 Å². The number of rotatable bonds is 7. The number of hydrogen-bond acceptors (Lipinski definition) is 6. The van der Waals surface area contributed by atoms with Crippen LogP contribution in [0, 0.1) is 12.7 Å². The molecule has 1 aliphatic heterocycles. The second-order valence-electron chi connectivity index (χ2n) is 7.97. The van der Waals surface area contributed by atoms with Gasteiger partial charge in [-0.2, -0.15) is 0 Å². The molecule has 4 rings (SSSR count). The molecular formula is C24H30ClFN6O2. The lowest BCUT2D eigenvalue weighted by molar-refractivity contribution is 0.0694. The van der Waals surface area contributed by atoms with Crippen LogP contribution in [0.2, 0.25) is 0 Å². The Morgan fingerprint density at radius 2 is 1.82 bits per heavy atom. The third kappa shape index (κ3) is 5.37. The van der Waals surface area contributed by atoms with Crippen molar-refractivity contribution < 1.29 is 13.9 Å². The van der Waals surface area contributed by atoms with Crippen molar-refractivity contribution in [2.24, 2.45) is 0 Å². The number of halogens is 2. The summed E-state index contributed by atoms with van der Waals surface area (Å²) >= 11 is 0. The summed E-state index contributed by atoms with van der Waals surface area (Å²) in [6.45, 7) is 8.49. The molecule has 2 aromatic heterocycles. The van der Waals surface area contributed by atoms with Gasteiger partial charge in [0.1, 0.15) is 11.5 Å². The number of benzene rings is 1. The SMILES string of the molecule is CCN(CC)C(=O)c1ccc(Nc2ncc(F)c(-c3cnc(C)n3C3CCOCC3)n2)cc1.Cl. The molecule has 1 saturated heterocycles. The van der Waals surface area contributed by atoms with Crippen LogP contribution in [0.3, 0.4) is 0 Å². The number of hydrogen-bond donors (Lipinski definition) is 1. The monoisotopic (exact) mass is 488 g/mol. The van der Waals surface area contributed by atoms with E-state index in [-0.39, 0.29) is 36.0 Å². The topological polar surface area (TPSA) is 85.2 Å². The molecule has 8 nitrogen and oxygen atoms in total. The van der Waals surface area contributed by atoms with E-state index in [1.165, 1.54) is 6.20 Å². The predicted molar refractivity (Wildman–Crippen MR) is 131 cm³/mol. The van der Waals surface area contributed by atoms with Crippen LogP contribution >= 0.6 is 12.4 Å². The van der Waals surface area contributed by atoms with E-state index in [0.717, 1.165) is 18.7 Å². The first-order valence-corrected chi connectivity index (χ1v) is 11.3. The van der Waals surface area contributed by atoms with Gasteiger partial charge in [0.25, 0.3) is 5.91 Å². The first-order chi connectivity index (χ1) is 16.0. The summed E-state index contributed by atoms with van der Waals surface area (Å²) in [7, 11) is 0. The molecule has 1 fully saturated rings. The average Bonchev–Trinajstić information content (AvgIpc) is 3.23. The number of anilines is 2. The Hall–Kier alpha value is -3.04. The maximum Gasteiger partial charge on any atom is 0.253 e. The molecule has 3 aromatic rings. The van der Waals surface area contributed by atoms with E-state index in [2.05, 4.69) is 20.3 Å². The number of aromatic nitrogens is 4. The number of carbonyl (C=O) groups is 1. The van der Waals surface area contributed by atoms with Gasteiger partial charge in [-0.05, 0) is 57.9 Å². The van der Waals surface area contributed by atoms with Crippen LogP contribution in [-0.4, -0.2) is 56.6 Å². The minimum atomic E-state index is -0.506. The van der Waals surface area contributed by atoms with E-state index in [4.69, 9.17) is 4.74 Å². The van der Waals surface area contributed by atoms with E-state index in [0.29, 0.717) is 43.2 Å². The number of ether oxygens (including phenoxy) is 1. The fraction of sp³-hybridized carbons (Fsp3) is 0.417. The lowest BCUT2D eigenvalue weighted by Gasteiger charge is -2.26. The third-order valence-corrected chi connectivity index (χ3v) is 5.96. The highest BCUT2D eigenvalue weighted by Gasteiger charge is 2.23. The quantitative estimate of drug-likeness (QED) is 0.515. The fourth-order valence-electron chi connectivity index (χ4n) is 4.16. The Labute approximate surface area is 205 Å². The summed E-state index contributed by atoms with van der Waals surface area (Å²) in [6, 6.07) is 7.30.